The van der Waals surface area contributed by atoms with Crippen LogP contribution in [0.25, 0.3) is 0 Å². The van der Waals surface area contributed by atoms with Crippen LogP contribution in [0.4, 0.5) is 14.5 Å². The zero-order chi connectivity index (χ0) is 20.6. The molecule has 2 heterocycles. The Balaban J connectivity index is 1.58. The van der Waals surface area contributed by atoms with Crippen molar-refractivity contribution in [1.29, 1.82) is 0 Å². The van der Waals surface area contributed by atoms with Gasteiger partial charge < -0.3 is 4.90 Å². The van der Waals surface area contributed by atoms with Crippen LogP contribution in [0.15, 0.2) is 41.3 Å². The molecule has 1 unspecified atom stereocenters. The zero-order valence-corrected chi connectivity index (χ0v) is 17.2. The molecule has 1 saturated heterocycles. The number of nitrogens with zero attached hydrogens (tertiary/aromatic N) is 2. The third-order valence-corrected chi connectivity index (χ3v) is 7.30. The van der Waals surface area contributed by atoms with Crippen LogP contribution >= 0.6 is 0 Å². The second kappa shape index (κ2) is 8.01. The van der Waals surface area contributed by atoms with E-state index in [0.29, 0.717) is 6.07 Å². The molecule has 1 N–H and O–H groups in total. The van der Waals surface area contributed by atoms with E-state index in [2.05, 4.69) is 39.8 Å². The second-order valence-corrected chi connectivity index (χ2v) is 9.48. The molecule has 29 heavy (non-hydrogen) atoms. The fourth-order valence-electron chi connectivity index (χ4n) is 4.26. The second-order valence-electron chi connectivity index (χ2n) is 7.75. The summed E-state index contributed by atoms with van der Waals surface area (Å²) < 4.78 is 55.0. The highest BCUT2D eigenvalue weighted by Crippen LogP contribution is 2.32. The van der Waals surface area contributed by atoms with Gasteiger partial charge in [0.1, 0.15) is 16.5 Å². The summed E-state index contributed by atoms with van der Waals surface area (Å²) in [4.78, 5) is 3.95. The third kappa shape index (κ3) is 4.15. The standard InChI is InChI=1S/C21H25F2N3O2S/c1-25-11-8-16-12-15(4-6-19(16)25)20(26-9-2-3-10-26)14-24-29(27,28)21-7-5-17(22)13-18(21)23/h4-7,12-13,20,24H,2-3,8-11,14H2,1H3. The average molecular weight is 422 g/mol. The van der Waals surface area contributed by atoms with E-state index in [4.69, 9.17) is 0 Å². The molecule has 8 heteroatoms. The smallest absolute Gasteiger partial charge is 0.243 e. The predicted molar refractivity (Wildman–Crippen MR) is 109 cm³/mol. The van der Waals surface area contributed by atoms with Gasteiger partial charge >= 0.3 is 0 Å². The summed E-state index contributed by atoms with van der Waals surface area (Å²) in [5.41, 5.74) is 3.53. The summed E-state index contributed by atoms with van der Waals surface area (Å²) in [6.07, 6.45) is 3.12. The number of sulfonamides is 1. The Morgan fingerprint density at radius 2 is 1.83 bits per heavy atom. The minimum absolute atomic E-state index is 0.132. The van der Waals surface area contributed by atoms with E-state index < -0.39 is 26.6 Å². The molecule has 0 saturated carbocycles. The van der Waals surface area contributed by atoms with Gasteiger partial charge in [-0.15, -0.1) is 0 Å². The highest BCUT2D eigenvalue weighted by atomic mass is 32.2. The summed E-state index contributed by atoms with van der Waals surface area (Å²) in [6, 6.07) is 8.67. The lowest BCUT2D eigenvalue weighted by molar-refractivity contribution is 0.246. The van der Waals surface area contributed by atoms with Crippen molar-refractivity contribution in [3.8, 4) is 0 Å². The van der Waals surface area contributed by atoms with E-state index in [0.717, 1.165) is 56.6 Å². The van der Waals surface area contributed by atoms with Crippen molar-refractivity contribution < 1.29 is 17.2 Å². The molecule has 4 rings (SSSR count). The maximum atomic E-state index is 14.0. The fraction of sp³-hybridized carbons (Fsp3) is 0.429. The van der Waals surface area contributed by atoms with Crippen LogP contribution in [0.5, 0.6) is 0 Å². The lowest BCUT2D eigenvalue weighted by atomic mass is 10.0. The first kappa shape index (κ1) is 20.3. The van der Waals surface area contributed by atoms with Gasteiger partial charge in [-0.2, -0.15) is 0 Å². The number of nitrogens with one attached hydrogen (secondary N) is 1. The molecule has 0 radical (unpaired) electrons. The molecular formula is C21H25F2N3O2S. The van der Waals surface area contributed by atoms with Crippen molar-refractivity contribution in [2.45, 2.75) is 30.2 Å². The fourth-order valence-corrected chi connectivity index (χ4v) is 5.36. The molecule has 2 aromatic carbocycles. The van der Waals surface area contributed by atoms with Crippen LogP contribution in [-0.4, -0.2) is 46.5 Å². The Morgan fingerprint density at radius 3 is 2.55 bits per heavy atom. The number of hydrogen-bond acceptors (Lipinski definition) is 4. The first-order valence-corrected chi connectivity index (χ1v) is 11.4. The summed E-state index contributed by atoms with van der Waals surface area (Å²) in [6.45, 7) is 2.90. The van der Waals surface area contributed by atoms with E-state index in [9.17, 15) is 17.2 Å². The molecule has 2 aliphatic heterocycles. The molecule has 0 spiro atoms. The van der Waals surface area contributed by atoms with Gasteiger partial charge in [0.2, 0.25) is 10.0 Å². The Bertz CT molecular complexity index is 1010. The van der Waals surface area contributed by atoms with Gasteiger partial charge in [-0.3, -0.25) is 4.90 Å². The number of likely N-dealkylation sites (tertiary alicyclic amines) is 1. The average Bonchev–Trinajstić information content (AvgIpc) is 3.32. The van der Waals surface area contributed by atoms with Crippen molar-refractivity contribution in [3.05, 3.63) is 59.2 Å². The van der Waals surface area contributed by atoms with Gasteiger partial charge in [0.05, 0.1) is 0 Å². The number of rotatable bonds is 6. The molecule has 5 nitrogen and oxygen atoms in total. The summed E-state index contributed by atoms with van der Waals surface area (Å²) >= 11 is 0. The largest absolute Gasteiger partial charge is 0.374 e. The first-order chi connectivity index (χ1) is 13.8. The van der Waals surface area contributed by atoms with Gasteiger partial charge in [-0.1, -0.05) is 12.1 Å². The third-order valence-electron chi connectivity index (χ3n) is 5.85. The van der Waals surface area contributed by atoms with Gasteiger partial charge in [0, 0.05) is 37.9 Å². The first-order valence-electron chi connectivity index (χ1n) is 9.88. The van der Waals surface area contributed by atoms with Crippen molar-refractivity contribution in [3.63, 3.8) is 0 Å². The molecule has 0 aromatic heterocycles. The molecule has 1 fully saturated rings. The minimum Gasteiger partial charge on any atom is -0.374 e. The van der Waals surface area contributed by atoms with Crippen molar-refractivity contribution in [2.75, 3.05) is 38.1 Å². The molecular weight excluding hydrogens is 396 g/mol. The summed E-state index contributed by atoms with van der Waals surface area (Å²) in [5, 5.41) is 0. The molecule has 0 aliphatic carbocycles. The summed E-state index contributed by atoms with van der Waals surface area (Å²) in [7, 11) is -2.02. The van der Waals surface area contributed by atoms with E-state index >= 15 is 0 Å². The van der Waals surface area contributed by atoms with Crippen LogP contribution in [0, 0.1) is 11.6 Å². The van der Waals surface area contributed by atoms with Gasteiger partial charge in [0.15, 0.2) is 0 Å². The quantitative estimate of drug-likeness (QED) is 0.779. The van der Waals surface area contributed by atoms with Gasteiger partial charge in [0.25, 0.3) is 0 Å². The molecule has 2 aliphatic rings. The predicted octanol–water partition coefficient (Wildman–Crippen LogP) is 3.07. The lowest BCUT2D eigenvalue weighted by Crippen LogP contribution is -2.37. The van der Waals surface area contributed by atoms with E-state index in [1.807, 2.05) is 0 Å². The number of likely N-dealkylation sites (N-methyl/N-ethyl adjacent to an activating group) is 1. The Hall–Kier alpha value is -2.03. The maximum absolute atomic E-state index is 14.0. The highest BCUT2D eigenvalue weighted by Gasteiger charge is 2.28. The molecule has 0 amide bonds. The Labute approximate surface area is 170 Å². The van der Waals surface area contributed by atoms with Crippen LogP contribution in [0.1, 0.15) is 30.0 Å². The van der Waals surface area contributed by atoms with Crippen molar-refractivity contribution in [2.24, 2.45) is 0 Å². The Kier molecular flexibility index (Phi) is 5.59. The van der Waals surface area contributed by atoms with Crippen LogP contribution in [-0.2, 0) is 16.4 Å². The Morgan fingerprint density at radius 1 is 1.07 bits per heavy atom. The number of halogens is 2. The van der Waals surface area contributed by atoms with E-state index in [1.165, 1.54) is 11.3 Å². The van der Waals surface area contributed by atoms with Crippen LogP contribution in [0.3, 0.4) is 0 Å². The minimum atomic E-state index is -4.09. The molecule has 156 valence electrons. The SMILES string of the molecule is CN1CCc2cc(C(CNS(=O)(=O)c3ccc(F)cc3F)N3CCCC3)ccc21. The maximum Gasteiger partial charge on any atom is 0.243 e. The van der Waals surface area contributed by atoms with E-state index in [1.54, 1.807) is 0 Å². The van der Waals surface area contributed by atoms with Crippen molar-refractivity contribution >= 4 is 15.7 Å². The topological polar surface area (TPSA) is 52.7 Å². The van der Waals surface area contributed by atoms with Crippen molar-refractivity contribution in [1.82, 2.24) is 9.62 Å². The number of hydrogen-bond donors (Lipinski definition) is 1. The lowest BCUT2D eigenvalue weighted by Gasteiger charge is -2.29. The molecule has 2 aromatic rings. The highest BCUT2D eigenvalue weighted by molar-refractivity contribution is 7.89. The molecule has 0 bridgehead atoms. The van der Waals surface area contributed by atoms with Gasteiger partial charge in [-0.05, 0) is 61.7 Å². The summed E-state index contributed by atoms with van der Waals surface area (Å²) in [5.74, 6) is -1.89. The number of fused-ring (bicyclic) bond motifs is 1. The molecule has 1 atom stereocenters. The monoisotopic (exact) mass is 421 g/mol. The number of benzene rings is 2. The number of anilines is 1. The van der Waals surface area contributed by atoms with Crippen LogP contribution in [0.2, 0.25) is 0 Å². The van der Waals surface area contributed by atoms with Gasteiger partial charge in [-0.25, -0.2) is 21.9 Å². The zero-order valence-electron chi connectivity index (χ0n) is 16.4. The normalized spacial score (nSPS) is 18.2. The van der Waals surface area contributed by atoms with Crippen LogP contribution < -0.4 is 9.62 Å². The van der Waals surface area contributed by atoms with E-state index in [-0.39, 0.29) is 12.6 Å².